The Morgan fingerprint density at radius 3 is 2.71 bits per heavy atom. The maximum Gasteiger partial charge on any atom is 0.251 e. The second-order valence-electron chi connectivity index (χ2n) is 5.46. The van der Waals surface area contributed by atoms with E-state index < -0.39 is 0 Å². The van der Waals surface area contributed by atoms with Crippen molar-refractivity contribution in [2.24, 2.45) is 0 Å². The highest BCUT2D eigenvalue weighted by atomic mass is 35.5. The molecule has 0 spiro atoms. The number of carbonyl (C=O) groups excluding carboxylic acids is 2. The molecule has 0 unspecified atom stereocenters. The predicted molar refractivity (Wildman–Crippen MR) is 103 cm³/mol. The van der Waals surface area contributed by atoms with E-state index in [1.807, 2.05) is 18.0 Å². The molecule has 136 valence electrons. The van der Waals surface area contributed by atoms with Crippen LogP contribution in [0.25, 0.3) is 0 Å². The number of anilines is 2. The Hall–Kier alpha value is -1.50. The Bertz CT molecular complexity index is 555. The summed E-state index contributed by atoms with van der Waals surface area (Å²) >= 11 is 0. The van der Waals surface area contributed by atoms with Crippen LogP contribution in [-0.4, -0.2) is 45.0 Å². The minimum Gasteiger partial charge on any atom is -0.372 e. The van der Waals surface area contributed by atoms with Crippen molar-refractivity contribution in [1.29, 1.82) is 0 Å². The minimum absolute atomic E-state index is 0. The molecule has 1 aromatic carbocycles. The number of carbonyl (C=O) groups is 2. The van der Waals surface area contributed by atoms with Gasteiger partial charge in [-0.2, -0.15) is 0 Å². The van der Waals surface area contributed by atoms with E-state index in [0.29, 0.717) is 30.8 Å². The van der Waals surface area contributed by atoms with Crippen molar-refractivity contribution in [2.45, 2.75) is 19.8 Å². The van der Waals surface area contributed by atoms with Gasteiger partial charge in [0, 0.05) is 38.7 Å². The van der Waals surface area contributed by atoms with Crippen LogP contribution in [0.4, 0.5) is 11.4 Å². The monoisotopic (exact) mass is 376 g/mol. The van der Waals surface area contributed by atoms with Gasteiger partial charge in [0.25, 0.3) is 5.91 Å². The van der Waals surface area contributed by atoms with E-state index in [1.54, 1.807) is 12.1 Å². The van der Waals surface area contributed by atoms with Crippen LogP contribution >= 0.6 is 24.8 Å². The maximum atomic E-state index is 12.1. The first kappa shape index (κ1) is 22.5. The van der Waals surface area contributed by atoms with Crippen molar-refractivity contribution in [2.75, 3.05) is 43.4 Å². The van der Waals surface area contributed by atoms with E-state index in [2.05, 4.69) is 22.9 Å². The van der Waals surface area contributed by atoms with Gasteiger partial charge in [0.15, 0.2) is 0 Å². The maximum absolute atomic E-state index is 12.1. The topological polar surface area (TPSA) is 73.5 Å². The highest BCUT2D eigenvalue weighted by Crippen LogP contribution is 2.28. The van der Waals surface area contributed by atoms with Crippen LogP contribution in [0.5, 0.6) is 0 Å². The quantitative estimate of drug-likeness (QED) is 0.664. The van der Waals surface area contributed by atoms with Gasteiger partial charge >= 0.3 is 0 Å². The summed E-state index contributed by atoms with van der Waals surface area (Å²) in [5.41, 5.74) is 2.19. The molecule has 0 bridgehead atoms. The SMILES string of the molecule is CCCNCCNC(=O)c1ccc2c(c1)NC(=O)CCN2C.Cl.Cl. The molecule has 2 amide bonds. The molecule has 8 heteroatoms. The van der Waals surface area contributed by atoms with E-state index in [4.69, 9.17) is 0 Å². The number of hydrogen-bond acceptors (Lipinski definition) is 4. The average molecular weight is 377 g/mol. The van der Waals surface area contributed by atoms with Crippen LogP contribution < -0.4 is 20.9 Å². The molecule has 3 N–H and O–H groups in total. The molecule has 1 aromatic rings. The number of rotatable bonds is 6. The fourth-order valence-electron chi connectivity index (χ4n) is 2.38. The zero-order chi connectivity index (χ0) is 15.9. The Morgan fingerprint density at radius 2 is 2.00 bits per heavy atom. The Kier molecular flexibility index (Phi) is 10.4. The fourth-order valence-corrected chi connectivity index (χ4v) is 2.38. The van der Waals surface area contributed by atoms with Crippen LogP contribution in [0.15, 0.2) is 18.2 Å². The number of fused-ring (bicyclic) bond motifs is 1. The van der Waals surface area contributed by atoms with Crippen LogP contribution in [0, 0.1) is 0 Å². The minimum atomic E-state index is -0.123. The second-order valence-corrected chi connectivity index (χ2v) is 5.46. The highest BCUT2D eigenvalue weighted by molar-refractivity contribution is 6.00. The molecule has 1 aliphatic rings. The molecule has 2 rings (SSSR count). The summed E-state index contributed by atoms with van der Waals surface area (Å²) < 4.78 is 0. The zero-order valence-corrected chi connectivity index (χ0v) is 15.7. The van der Waals surface area contributed by atoms with Gasteiger partial charge < -0.3 is 20.9 Å². The number of hydrogen-bond donors (Lipinski definition) is 3. The lowest BCUT2D eigenvalue weighted by molar-refractivity contribution is -0.115. The summed E-state index contributed by atoms with van der Waals surface area (Å²) in [7, 11) is 1.94. The van der Waals surface area contributed by atoms with Gasteiger partial charge in [0.1, 0.15) is 0 Å². The summed E-state index contributed by atoms with van der Waals surface area (Å²) in [6.45, 7) is 5.07. The predicted octanol–water partition coefficient (Wildman–Crippen LogP) is 2.04. The number of nitrogens with one attached hydrogen (secondary N) is 3. The highest BCUT2D eigenvalue weighted by Gasteiger charge is 2.18. The number of benzene rings is 1. The van der Waals surface area contributed by atoms with Gasteiger partial charge in [-0.15, -0.1) is 24.8 Å². The smallest absolute Gasteiger partial charge is 0.251 e. The van der Waals surface area contributed by atoms with Gasteiger partial charge in [-0.1, -0.05) is 6.92 Å². The van der Waals surface area contributed by atoms with Gasteiger partial charge in [-0.05, 0) is 31.2 Å². The Labute approximate surface area is 155 Å². The van der Waals surface area contributed by atoms with Gasteiger partial charge in [0.2, 0.25) is 5.91 Å². The molecule has 0 saturated carbocycles. The molecular weight excluding hydrogens is 351 g/mol. The molecule has 0 aliphatic carbocycles. The van der Waals surface area contributed by atoms with Crippen molar-refractivity contribution in [1.82, 2.24) is 10.6 Å². The largest absolute Gasteiger partial charge is 0.372 e. The molecule has 1 aliphatic heterocycles. The molecule has 0 aromatic heterocycles. The molecule has 0 fully saturated rings. The Balaban J connectivity index is 0.00000264. The molecule has 1 heterocycles. The molecule has 0 saturated heterocycles. The first-order valence-electron chi connectivity index (χ1n) is 7.75. The zero-order valence-electron chi connectivity index (χ0n) is 14.1. The van der Waals surface area contributed by atoms with E-state index in [-0.39, 0.29) is 36.6 Å². The molecule has 0 radical (unpaired) electrons. The van der Waals surface area contributed by atoms with Crippen molar-refractivity contribution in [3.05, 3.63) is 23.8 Å². The first-order chi connectivity index (χ1) is 10.6. The molecule has 6 nitrogen and oxygen atoms in total. The number of halogens is 2. The van der Waals surface area contributed by atoms with Crippen LogP contribution in [0.2, 0.25) is 0 Å². The lowest BCUT2D eigenvalue weighted by Crippen LogP contribution is -2.32. The molecule has 0 atom stereocenters. The van der Waals surface area contributed by atoms with Crippen LogP contribution in [-0.2, 0) is 4.79 Å². The van der Waals surface area contributed by atoms with E-state index in [1.165, 1.54) is 0 Å². The lowest BCUT2D eigenvalue weighted by atomic mass is 10.1. The summed E-state index contributed by atoms with van der Waals surface area (Å²) in [4.78, 5) is 25.9. The standard InChI is InChI=1S/C16H24N4O2.2ClH/c1-3-7-17-8-9-18-16(22)12-4-5-14-13(11-12)19-15(21)6-10-20(14)2;;/h4-5,11,17H,3,6-10H2,1-2H3,(H,18,22)(H,19,21);2*1H. The van der Waals surface area contributed by atoms with Crippen molar-refractivity contribution >= 4 is 48.0 Å². The number of nitrogens with zero attached hydrogens (tertiary/aromatic N) is 1. The fraction of sp³-hybridized carbons (Fsp3) is 0.500. The number of amides is 2. The van der Waals surface area contributed by atoms with Gasteiger partial charge in [0.05, 0.1) is 11.4 Å². The van der Waals surface area contributed by atoms with E-state index >= 15 is 0 Å². The Morgan fingerprint density at radius 1 is 1.25 bits per heavy atom. The van der Waals surface area contributed by atoms with Crippen LogP contribution in [0.3, 0.4) is 0 Å². The van der Waals surface area contributed by atoms with Gasteiger partial charge in [-0.25, -0.2) is 0 Å². The van der Waals surface area contributed by atoms with Gasteiger partial charge in [-0.3, -0.25) is 9.59 Å². The third kappa shape index (κ3) is 6.19. The molecule has 24 heavy (non-hydrogen) atoms. The van der Waals surface area contributed by atoms with E-state index in [9.17, 15) is 9.59 Å². The van der Waals surface area contributed by atoms with E-state index in [0.717, 1.165) is 25.2 Å². The summed E-state index contributed by atoms with van der Waals surface area (Å²) in [5.74, 6) is -0.144. The normalized spacial score (nSPS) is 12.9. The van der Waals surface area contributed by atoms with Crippen molar-refractivity contribution in [3.8, 4) is 0 Å². The first-order valence-corrected chi connectivity index (χ1v) is 7.75. The van der Waals surface area contributed by atoms with Crippen molar-refractivity contribution in [3.63, 3.8) is 0 Å². The summed E-state index contributed by atoms with van der Waals surface area (Å²) in [6.07, 6.45) is 1.53. The third-order valence-electron chi connectivity index (χ3n) is 3.63. The average Bonchev–Trinajstić information content (AvgIpc) is 2.65. The summed E-state index contributed by atoms with van der Waals surface area (Å²) in [5, 5.41) is 8.97. The molecular formula is C16H26Cl2N4O2. The van der Waals surface area contributed by atoms with Crippen molar-refractivity contribution < 1.29 is 9.59 Å². The third-order valence-corrected chi connectivity index (χ3v) is 3.63. The lowest BCUT2D eigenvalue weighted by Gasteiger charge is -2.18. The second kappa shape index (κ2) is 11.1. The van der Waals surface area contributed by atoms with Crippen LogP contribution in [0.1, 0.15) is 30.1 Å². The summed E-state index contributed by atoms with van der Waals surface area (Å²) in [6, 6.07) is 5.41.